The van der Waals surface area contributed by atoms with E-state index in [-0.39, 0.29) is 11.9 Å². The van der Waals surface area contributed by atoms with Crippen LogP contribution in [0.5, 0.6) is 0 Å². The van der Waals surface area contributed by atoms with E-state index in [1.54, 1.807) is 23.5 Å². The number of likely N-dealkylation sites (N-methyl/N-ethyl adjacent to an activating group) is 1. The predicted octanol–water partition coefficient (Wildman–Crippen LogP) is 4.43. The number of hydrogen-bond acceptors (Lipinski definition) is 2. The molecule has 1 N–H and O–H groups in total. The maximum absolute atomic E-state index is 13.9. The highest BCUT2D eigenvalue weighted by atomic mass is 35.5. The Bertz CT molecular complexity index is 478. The van der Waals surface area contributed by atoms with Crippen LogP contribution in [0.3, 0.4) is 0 Å². The Morgan fingerprint density at radius 2 is 2.22 bits per heavy atom. The van der Waals surface area contributed by atoms with E-state index in [1.807, 2.05) is 12.3 Å². The Labute approximate surface area is 116 Å². The Morgan fingerprint density at radius 1 is 1.39 bits per heavy atom. The zero-order valence-electron chi connectivity index (χ0n) is 10.1. The summed E-state index contributed by atoms with van der Waals surface area (Å²) in [5.74, 6) is -0.247. The Balaban J connectivity index is 2.29. The van der Waals surface area contributed by atoms with Gasteiger partial charge in [-0.15, -0.1) is 0 Å². The van der Waals surface area contributed by atoms with E-state index in [1.165, 1.54) is 11.6 Å². The first-order chi connectivity index (χ1) is 8.72. The Hall–Kier alpha value is -0.900. The molecule has 0 aliphatic carbocycles. The van der Waals surface area contributed by atoms with Crippen LogP contribution in [0.4, 0.5) is 4.39 Å². The predicted molar refractivity (Wildman–Crippen MR) is 75.9 cm³/mol. The van der Waals surface area contributed by atoms with Crippen molar-refractivity contribution in [3.05, 3.63) is 57.0 Å². The first kappa shape index (κ1) is 13.5. The maximum atomic E-state index is 13.9. The molecule has 0 saturated carbocycles. The van der Waals surface area contributed by atoms with E-state index < -0.39 is 0 Å². The zero-order valence-corrected chi connectivity index (χ0v) is 11.7. The van der Waals surface area contributed by atoms with Crippen molar-refractivity contribution in [3.8, 4) is 0 Å². The first-order valence-electron chi connectivity index (χ1n) is 5.90. The van der Waals surface area contributed by atoms with E-state index >= 15 is 0 Å². The van der Waals surface area contributed by atoms with E-state index in [0.29, 0.717) is 10.6 Å². The van der Waals surface area contributed by atoms with Crippen LogP contribution in [0.2, 0.25) is 5.02 Å². The SMILES string of the molecule is CCNC(Cc1ccsc1)c1c(F)cccc1Cl. The molecular formula is C14H15ClFNS. The lowest BCUT2D eigenvalue weighted by Crippen LogP contribution is -2.24. The third-order valence-corrected chi connectivity index (χ3v) is 3.88. The van der Waals surface area contributed by atoms with Gasteiger partial charge in [-0.25, -0.2) is 4.39 Å². The fourth-order valence-electron chi connectivity index (χ4n) is 2.01. The monoisotopic (exact) mass is 283 g/mol. The summed E-state index contributed by atoms with van der Waals surface area (Å²) in [6.07, 6.45) is 0.748. The number of rotatable bonds is 5. The van der Waals surface area contributed by atoms with Crippen molar-refractivity contribution in [1.82, 2.24) is 5.32 Å². The van der Waals surface area contributed by atoms with Gasteiger partial charge in [-0.3, -0.25) is 0 Å². The molecular weight excluding hydrogens is 269 g/mol. The Kier molecular flexibility index (Phi) is 4.75. The third kappa shape index (κ3) is 3.10. The normalized spacial score (nSPS) is 12.6. The topological polar surface area (TPSA) is 12.0 Å². The van der Waals surface area contributed by atoms with E-state index in [9.17, 15) is 4.39 Å². The minimum atomic E-state index is -0.247. The van der Waals surface area contributed by atoms with Gasteiger partial charge in [0.25, 0.3) is 0 Å². The molecule has 2 aromatic rings. The summed E-state index contributed by atoms with van der Waals surface area (Å²) in [6.45, 7) is 2.79. The highest BCUT2D eigenvalue weighted by molar-refractivity contribution is 7.07. The van der Waals surface area contributed by atoms with Crippen LogP contribution in [0, 0.1) is 5.82 Å². The van der Waals surface area contributed by atoms with E-state index in [4.69, 9.17) is 11.6 Å². The van der Waals surface area contributed by atoms with Crippen molar-refractivity contribution >= 4 is 22.9 Å². The van der Waals surface area contributed by atoms with Crippen molar-refractivity contribution in [2.75, 3.05) is 6.54 Å². The second-order valence-electron chi connectivity index (χ2n) is 4.08. The van der Waals surface area contributed by atoms with Crippen molar-refractivity contribution in [3.63, 3.8) is 0 Å². The van der Waals surface area contributed by atoms with Gasteiger partial charge in [0.15, 0.2) is 0 Å². The second kappa shape index (κ2) is 6.32. The number of hydrogen-bond donors (Lipinski definition) is 1. The second-order valence-corrected chi connectivity index (χ2v) is 5.27. The summed E-state index contributed by atoms with van der Waals surface area (Å²) < 4.78 is 13.9. The minimum absolute atomic E-state index is 0.0849. The smallest absolute Gasteiger partial charge is 0.129 e. The van der Waals surface area contributed by atoms with Crippen LogP contribution in [-0.2, 0) is 6.42 Å². The maximum Gasteiger partial charge on any atom is 0.129 e. The quantitative estimate of drug-likeness (QED) is 0.856. The molecule has 0 amide bonds. The highest BCUT2D eigenvalue weighted by Gasteiger charge is 2.18. The Morgan fingerprint density at radius 3 is 2.83 bits per heavy atom. The minimum Gasteiger partial charge on any atom is -0.310 e. The summed E-state index contributed by atoms with van der Waals surface area (Å²) in [5, 5.41) is 7.89. The molecule has 0 bridgehead atoms. The average molecular weight is 284 g/mol. The standard InChI is InChI=1S/C14H15ClFNS/c1-2-17-13(8-10-6-7-18-9-10)14-11(15)4-3-5-12(14)16/h3-7,9,13,17H,2,8H2,1H3. The number of benzene rings is 1. The third-order valence-electron chi connectivity index (χ3n) is 2.82. The lowest BCUT2D eigenvalue weighted by Gasteiger charge is -2.19. The van der Waals surface area contributed by atoms with Gasteiger partial charge in [0.1, 0.15) is 5.82 Å². The van der Waals surface area contributed by atoms with Gasteiger partial charge in [-0.2, -0.15) is 11.3 Å². The van der Waals surface area contributed by atoms with Gasteiger partial charge in [0.05, 0.1) is 0 Å². The molecule has 1 unspecified atom stereocenters. The van der Waals surface area contributed by atoms with Gasteiger partial charge in [-0.05, 0) is 47.5 Å². The molecule has 18 heavy (non-hydrogen) atoms. The van der Waals surface area contributed by atoms with Crippen LogP contribution in [0.15, 0.2) is 35.0 Å². The molecule has 1 heterocycles. The van der Waals surface area contributed by atoms with Crippen molar-refractivity contribution < 1.29 is 4.39 Å². The van der Waals surface area contributed by atoms with Gasteiger partial charge in [0, 0.05) is 16.6 Å². The van der Waals surface area contributed by atoms with Crippen LogP contribution >= 0.6 is 22.9 Å². The van der Waals surface area contributed by atoms with Crippen LogP contribution in [-0.4, -0.2) is 6.54 Å². The lowest BCUT2D eigenvalue weighted by molar-refractivity contribution is 0.510. The number of thiophene rings is 1. The van der Waals surface area contributed by atoms with Crippen molar-refractivity contribution in [2.45, 2.75) is 19.4 Å². The van der Waals surface area contributed by atoms with E-state index in [0.717, 1.165) is 13.0 Å². The van der Waals surface area contributed by atoms with Crippen molar-refractivity contribution in [2.24, 2.45) is 0 Å². The van der Waals surface area contributed by atoms with Gasteiger partial charge in [-0.1, -0.05) is 24.6 Å². The molecule has 2 rings (SSSR count). The van der Waals surface area contributed by atoms with E-state index in [2.05, 4.69) is 16.8 Å². The molecule has 1 aromatic carbocycles. The molecule has 4 heteroatoms. The van der Waals surface area contributed by atoms with Crippen molar-refractivity contribution in [1.29, 1.82) is 0 Å². The van der Waals surface area contributed by atoms with Gasteiger partial charge >= 0.3 is 0 Å². The summed E-state index contributed by atoms with van der Waals surface area (Å²) >= 11 is 7.77. The molecule has 1 atom stereocenters. The molecule has 0 aliphatic heterocycles. The lowest BCUT2D eigenvalue weighted by atomic mass is 10.00. The van der Waals surface area contributed by atoms with Crippen LogP contribution in [0.1, 0.15) is 24.1 Å². The van der Waals surface area contributed by atoms with Gasteiger partial charge < -0.3 is 5.32 Å². The largest absolute Gasteiger partial charge is 0.310 e. The fourth-order valence-corrected chi connectivity index (χ4v) is 2.99. The number of nitrogens with one attached hydrogen (secondary N) is 1. The van der Waals surface area contributed by atoms with Crippen LogP contribution in [0.25, 0.3) is 0 Å². The molecule has 1 aromatic heterocycles. The first-order valence-corrected chi connectivity index (χ1v) is 7.22. The molecule has 0 spiro atoms. The molecule has 0 radical (unpaired) electrons. The summed E-state index contributed by atoms with van der Waals surface area (Å²) in [4.78, 5) is 0. The molecule has 1 nitrogen and oxygen atoms in total. The molecule has 0 saturated heterocycles. The molecule has 0 aliphatic rings. The average Bonchev–Trinajstić information content (AvgIpc) is 2.82. The molecule has 96 valence electrons. The summed E-state index contributed by atoms with van der Waals surface area (Å²) in [7, 11) is 0. The van der Waals surface area contributed by atoms with Gasteiger partial charge in [0.2, 0.25) is 0 Å². The fraction of sp³-hybridized carbons (Fsp3) is 0.286. The molecule has 0 fully saturated rings. The zero-order chi connectivity index (χ0) is 13.0. The van der Waals surface area contributed by atoms with Crippen LogP contribution < -0.4 is 5.32 Å². The summed E-state index contributed by atoms with van der Waals surface area (Å²) in [6, 6.07) is 6.80. The summed E-state index contributed by atoms with van der Waals surface area (Å²) in [5.41, 5.74) is 1.76. The highest BCUT2D eigenvalue weighted by Crippen LogP contribution is 2.28. The number of halogens is 2.